The Labute approximate surface area is 197 Å². The van der Waals surface area contributed by atoms with Crippen LogP contribution in [0, 0.1) is 11.3 Å². The molecule has 0 aliphatic carbocycles. The average molecular weight is 490 g/mol. The van der Waals surface area contributed by atoms with Crippen LogP contribution in [0.2, 0.25) is 5.02 Å². The zero-order chi connectivity index (χ0) is 23.4. The molecule has 3 heterocycles. The normalized spacial score (nSPS) is 17.6. The number of piperidine rings is 1. The molecule has 2 aliphatic rings. The zero-order valence-corrected chi connectivity index (χ0v) is 19.5. The minimum absolute atomic E-state index is 0.0648. The van der Waals surface area contributed by atoms with Crippen molar-refractivity contribution < 1.29 is 13.2 Å². The molecule has 1 aromatic heterocycles. The first kappa shape index (κ1) is 23.3. The van der Waals surface area contributed by atoms with Gasteiger partial charge in [0.1, 0.15) is 5.02 Å². The second kappa shape index (κ2) is 9.95. The van der Waals surface area contributed by atoms with E-state index in [0.29, 0.717) is 30.6 Å². The van der Waals surface area contributed by atoms with E-state index in [0.717, 1.165) is 25.0 Å². The fraction of sp³-hybridized carbons (Fsp3) is 0.409. The predicted octanol–water partition coefficient (Wildman–Crippen LogP) is 2.90. The monoisotopic (exact) mass is 489 g/mol. The Morgan fingerprint density at radius 2 is 1.97 bits per heavy atom. The molecule has 0 spiro atoms. The first-order valence-electron chi connectivity index (χ1n) is 10.7. The van der Waals surface area contributed by atoms with Gasteiger partial charge >= 0.3 is 0 Å². The van der Waals surface area contributed by atoms with Crippen LogP contribution in [-0.4, -0.2) is 48.7 Å². The third kappa shape index (κ3) is 5.05. The molecule has 0 amide bonds. The number of ether oxygens (including phenoxy) is 1. The summed E-state index contributed by atoms with van der Waals surface area (Å²) in [4.78, 5) is 13.0. The molecule has 9 nitrogen and oxygen atoms in total. The summed E-state index contributed by atoms with van der Waals surface area (Å²) in [5.74, 6) is 0. The molecule has 2 aromatic rings. The number of nitrogens with one attached hydrogen (secondary N) is 1. The van der Waals surface area contributed by atoms with Crippen LogP contribution >= 0.6 is 11.6 Å². The first-order chi connectivity index (χ1) is 15.9. The van der Waals surface area contributed by atoms with Gasteiger partial charge in [-0.25, -0.2) is 13.1 Å². The van der Waals surface area contributed by atoms with Crippen molar-refractivity contribution in [3.8, 4) is 6.07 Å². The summed E-state index contributed by atoms with van der Waals surface area (Å²) in [6, 6.07) is 7.58. The highest BCUT2D eigenvalue weighted by Crippen LogP contribution is 2.27. The van der Waals surface area contributed by atoms with Gasteiger partial charge in [-0.2, -0.15) is 14.7 Å². The SMILES string of the molecule is N#Cc1ccc(S(=O)(=O)N2CCC(n3ncc(NCC4=COCCC4)c(Cl)c3=O)CC2)cc1. The van der Waals surface area contributed by atoms with E-state index in [4.69, 9.17) is 21.6 Å². The molecule has 0 unspecified atom stereocenters. The second-order valence-corrected chi connectivity index (χ2v) is 10.3. The van der Waals surface area contributed by atoms with Gasteiger partial charge in [0.15, 0.2) is 0 Å². The Morgan fingerprint density at radius 1 is 1.24 bits per heavy atom. The van der Waals surface area contributed by atoms with Crippen LogP contribution in [0.3, 0.4) is 0 Å². The number of sulfonamides is 1. The minimum atomic E-state index is -3.67. The highest BCUT2D eigenvalue weighted by atomic mass is 35.5. The number of hydrogen-bond donors (Lipinski definition) is 1. The summed E-state index contributed by atoms with van der Waals surface area (Å²) >= 11 is 6.33. The maximum absolute atomic E-state index is 12.9. The van der Waals surface area contributed by atoms with Gasteiger partial charge in [0.2, 0.25) is 10.0 Å². The molecule has 1 saturated heterocycles. The Hall–Kier alpha value is -2.87. The molecular weight excluding hydrogens is 466 g/mol. The molecule has 1 fully saturated rings. The Morgan fingerprint density at radius 3 is 2.61 bits per heavy atom. The van der Waals surface area contributed by atoms with Gasteiger partial charge in [-0.15, -0.1) is 0 Å². The molecule has 0 radical (unpaired) electrons. The van der Waals surface area contributed by atoms with Crippen molar-refractivity contribution in [2.24, 2.45) is 0 Å². The second-order valence-electron chi connectivity index (χ2n) is 8.00. The van der Waals surface area contributed by atoms with Gasteiger partial charge in [-0.1, -0.05) is 11.6 Å². The molecular formula is C22H24ClN5O4S. The van der Waals surface area contributed by atoms with Crippen LogP contribution in [-0.2, 0) is 14.8 Å². The van der Waals surface area contributed by atoms with Crippen LogP contribution in [0.25, 0.3) is 0 Å². The molecule has 0 atom stereocenters. The third-order valence-corrected chi connectivity index (χ3v) is 8.13. The maximum Gasteiger partial charge on any atom is 0.287 e. The standard InChI is InChI=1S/C22H24ClN5O4S/c23-21-20(25-13-17-2-1-11-32-15-17)14-26-28(22(21)29)18-7-9-27(10-8-18)33(30,31)19-5-3-16(12-24)4-6-19/h3-6,14-15,18,25H,1-2,7-11,13H2. The van der Waals surface area contributed by atoms with E-state index in [1.165, 1.54) is 39.4 Å². The number of anilines is 1. The van der Waals surface area contributed by atoms with Crippen LogP contribution < -0.4 is 10.9 Å². The Bertz CT molecular complexity index is 1240. The number of benzene rings is 1. The topological polar surface area (TPSA) is 117 Å². The molecule has 4 rings (SSSR count). The van der Waals surface area contributed by atoms with Gasteiger partial charge < -0.3 is 10.1 Å². The summed E-state index contributed by atoms with van der Waals surface area (Å²) in [5.41, 5.74) is 1.56. The molecule has 2 aliphatic heterocycles. The third-order valence-electron chi connectivity index (χ3n) is 5.85. The van der Waals surface area contributed by atoms with E-state index in [-0.39, 0.29) is 29.0 Å². The molecule has 0 bridgehead atoms. The summed E-state index contributed by atoms with van der Waals surface area (Å²) in [5, 5.41) is 16.4. The molecule has 1 N–H and O–H groups in total. The van der Waals surface area contributed by atoms with Gasteiger partial charge in [0, 0.05) is 19.6 Å². The van der Waals surface area contributed by atoms with Crippen molar-refractivity contribution in [1.82, 2.24) is 14.1 Å². The number of halogens is 1. The van der Waals surface area contributed by atoms with Crippen LogP contribution in [0.5, 0.6) is 0 Å². The summed E-state index contributed by atoms with van der Waals surface area (Å²) in [7, 11) is -3.67. The highest BCUT2D eigenvalue weighted by Gasteiger charge is 2.31. The number of rotatable bonds is 6. The number of aromatic nitrogens is 2. The van der Waals surface area contributed by atoms with Gasteiger partial charge in [-0.05, 0) is 55.5 Å². The van der Waals surface area contributed by atoms with E-state index in [1.54, 1.807) is 6.26 Å². The smallest absolute Gasteiger partial charge is 0.287 e. The molecule has 174 valence electrons. The van der Waals surface area contributed by atoms with Crippen molar-refractivity contribution in [1.29, 1.82) is 5.26 Å². The maximum atomic E-state index is 12.9. The zero-order valence-electron chi connectivity index (χ0n) is 17.9. The van der Waals surface area contributed by atoms with Gasteiger partial charge in [-0.3, -0.25) is 4.79 Å². The minimum Gasteiger partial charge on any atom is -0.501 e. The molecule has 33 heavy (non-hydrogen) atoms. The largest absolute Gasteiger partial charge is 0.501 e. The van der Waals surface area contributed by atoms with Crippen LogP contribution in [0.15, 0.2) is 52.0 Å². The van der Waals surface area contributed by atoms with Gasteiger partial charge in [0.05, 0.1) is 47.3 Å². The van der Waals surface area contributed by atoms with Crippen molar-refractivity contribution in [2.45, 2.75) is 36.6 Å². The van der Waals surface area contributed by atoms with Crippen molar-refractivity contribution in [3.05, 3.63) is 63.2 Å². The fourth-order valence-corrected chi connectivity index (χ4v) is 5.63. The number of nitriles is 1. The van der Waals surface area contributed by atoms with Gasteiger partial charge in [0.25, 0.3) is 5.56 Å². The Kier molecular flexibility index (Phi) is 7.02. The van der Waals surface area contributed by atoms with Crippen LogP contribution in [0.4, 0.5) is 5.69 Å². The lowest BCUT2D eigenvalue weighted by molar-refractivity contribution is 0.224. The highest BCUT2D eigenvalue weighted by molar-refractivity contribution is 7.89. The fourth-order valence-electron chi connectivity index (χ4n) is 3.96. The van der Waals surface area contributed by atoms with E-state index in [2.05, 4.69) is 10.4 Å². The lowest BCUT2D eigenvalue weighted by Gasteiger charge is -2.31. The molecule has 0 saturated carbocycles. The average Bonchev–Trinajstić information content (AvgIpc) is 2.86. The first-order valence-corrected chi connectivity index (χ1v) is 12.5. The molecule has 11 heteroatoms. The van der Waals surface area contributed by atoms with E-state index < -0.39 is 15.6 Å². The molecule has 1 aromatic carbocycles. The lowest BCUT2D eigenvalue weighted by atomic mass is 10.1. The summed E-state index contributed by atoms with van der Waals surface area (Å²) < 4.78 is 33.9. The number of nitrogens with zero attached hydrogens (tertiary/aromatic N) is 4. The summed E-state index contributed by atoms with van der Waals surface area (Å²) in [6.07, 6.45) is 6.04. The summed E-state index contributed by atoms with van der Waals surface area (Å²) in [6.45, 7) is 1.76. The lowest BCUT2D eigenvalue weighted by Crippen LogP contribution is -2.41. The van der Waals surface area contributed by atoms with Crippen LogP contribution in [0.1, 0.15) is 37.3 Å². The predicted molar refractivity (Wildman–Crippen MR) is 123 cm³/mol. The van der Waals surface area contributed by atoms with E-state index >= 15 is 0 Å². The quantitative estimate of drug-likeness (QED) is 0.662. The van der Waals surface area contributed by atoms with E-state index in [9.17, 15) is 13.2 Å². The Balaban J connectivity index is 1.42. The number of hydrogen-bond acceptors (Lipinski definition) is 7. The van der Waals surface area contributed by atoms with Crippen molar-refractivity contribution in [2.75, 3.05) is 31.6 Å². The van der Waals surface area contributed by atoms with Crippen molar-refractivity contribution >= 4 is 27.3 Å². The van der Waals surface area contributed by atoms with E-state index in [1.807, 2.05) is 6.07 Å². The van der Waals surface area contributed by atoms with Crippen molar-refractivity contribution in [3.63, 3.8) is 0 Å².